The number of para-hydroxylation sites is 1. The van der Waals surface area contributed by atoms with Crippen LogP contribution < -0.4 is 5.32 Å². The van der Waals surface area contributed by atoms with Gasteiger partial charge in [-0.05, 0) is 30.2 Å². The number of benzene rings is 1. The van der Waals surface area contributed by atoms with Gasteiger partial charge < -0.3 is 5.32 Å². The third kappa shape index (κ3) is 1.64. The molecule has 15 heavy (non-hydrogen) atoms. The third-order valence-electron chi connectivity index (χ3n) is 2.71. The number of hydrogen-bond donors (Lipinski definition) is 1. The normalized spacial score (nSPS) is 18.6. The zero-order valence-electron chi connectivity index (χ0n) is 8.03. The molecule has 1 unspecified atom stereocenters. The minimum absolute atomic E-state index is 0.403. The molecule has 2 heterocycles. The molecule has 1 N–H and O–H groups in total. The van der Waals surface area contributed by atoms with E-state index in [1.54, 1.807) is 11.3 Å². The summed E-state index contributed by atoms with van der Waals surface area (Å²) in [6.45, 7) is 0. The Labute approximate surface area is 97.7 Å². The molecular formula is C12H10ClNS. The average Bonchev–Trinajstić information content (AvgIpc) is 2.82. The van der Waals surface area contributed by atoms with Gasteiger partial charge in [-0.25, -0.2) is 0 Å². The lowest BCUT2D eigenvalue weighted by Gasteiger charge is -2.07. The first-order chi connectivity index (χ1) is 7.33. The minimum atomic E-state index is 0.403. The first-order valence-corrected chi connectivity index (χ1v) is 6.12. The monoisotopic (exact) mass is 235 g/mol. The van der Waals surface area contributed by atoms with Crippen molar-refractivity contribution in [1.82, 2.24) is 0 Å². The Morgan fingerprint density at radius 3 is 2.80 bits per heavy atom. The van der Waals surface area contributed by atoms with E-state index in [2.05, 4.69) is 35.6 Å². The first kappa shape index (κ1) is 9.25. The summed E-state index contributed by atoms with van der Waals surface area (Å²) in [5.41, 5.74) is 2.65. The molecule has 3 heteroatoms. The molecule has 0 fully saturated rings. The van der Waals surface area contributed by atoms with Crippen molar-refractivity contribution >= 4 is 28.6 Å². The quantitative estimate of drug-likeness (QED) is 0.785. The van der Waals surface area contributed by atoms with E-state index in [4.69, 9.17) is 11.6 Å². The van der Waals surface area contributed by atoms with Gasteiger partial charge in [-0.1, -0.05) is 29.8 Å². The molecule has 2 aromatic rings. The molecule has 1 atom stereocenters. The Bertz CT molecular complexity index is 467. The molecular weight excluding hydrogens is 226 g/mol. The highest BCUT2D eigenvalue weighted by Crippen LogP contribution is 2.37. The maximum absolute atomic E-state index is 5.94. The van der Waals surface area contributed by atoms with Gasteiger partial charge in [0.2, 0.25) is 0 Å². The van der Waals surface area contributed by atoms with Gasteiger partial charge in [0.1, 0.15) is 0 Å². The van der Waals surface area contributed by atoms with Crippen LogP contribution in [0.4, 0.5) is 5.69 Å². The molecule has 0 aliphatic carbocycles. The summed E-state index contributed by atoms with van der Waals surface area (Å²) in [6.07, 6.45) is 1.06. The second kappa shape index (κ2) is 3.54. The molecule has 0 bridgehead atoms. The van der Waals surface area contributed by atoms with E-state index in [0.29, 0.717) is 6.04 Å². The van der Waals surface area contributed by atoms with Gasteiger partial charge in [0.05, 0.1) is 10.4 Å². The van der Waals surface area contributed by atoms with Crippen molar-refractivity contribution in [2.24, 2.45) is 0 Å². The van der Waals surface area contributed by atoms with Crippen LogP contribution in [0.3, 0.4) is 0 Å². The smallest absolute Gasteiger partial charge is 0.0932 e. The Morgan fingerprint density at radius 1 is 1.20 bits per heavy atom. The van der Waals surface area contributed by atoms with Crippen LogP contribution in [0.1, 0.15) is 16.5 Å². The molecule has 76 valence electrons. The summed E-state index contributed by atoms with van der Waals surface area (Å²) in [4.78, 5) is 1.32. The molecule has 1 aliphatic rings. The third-order valence-corrected chi connectivity index (χ3v) is 4.05. The maximum Gasteiger partial charge on any atom is 0.0932 e. The van der Waals surface area contributed by atoms with E-state index in [9.17, 15) is 0 Å². The predicted molar refractivity (Wildman–Crippen MR) is 65.8 cm³/mol. The Balaban J connectivity index is 1.90. The van der Waals surface area contributed by atoms with Crippen molar-refractivity contribution in [1.29, 1.82) is 0 Å². The highest BCUT2D eigenvalue weighted by Gasteiger charge is 2.22. The second-order valence-electron chi connectivity index (χ2n) is 3.70. The zero-order valence-corrected chi connectivity index (χ0v) is 9.61. The molecule has 1 aromatic carbocycles. The molecule has 0 radical (unpaired) electrons. The summed E-state index contributed by atoms with van der Waals surface area (Å²) in [6, 6.07) is 12.9. The van der Waals surface area contributed by atoms with Crippen LogP contribution in [-0.4, -0.2) is 0 Å². The predicted octanol–water partition coefficient (Wildman–Crippen LogP) is 4.11. The first-order valence-electron chi connectivity index (χ1n) is 4.92. The van der Waals surface area contributed by atoms with Crippen LogP contribution >= 0.6 is 22.9 Å². The van der Waals surface area contributed by atoms with E-state index in [1.165, 1.54) is 16.1 Å². The van der Waals surface area contributed by atoms with Gasteiger partial charge in [0.15, 0.2) is 0 Å². The van der Waals surface area contributed by atoms with E-state index in [-0.39, 0.29) is 0 Å². The molecule has 0 saturated carbocycles. The van der Waals surface area contributed by atoms with E-state index >= 15 is 0 Å². The number of nitrogens with one attached hydrogen (secondary N) is 1. The molecule has 0 saturated heterocycles. The summed E-state index contributed by atoms with van der Waals surface area (Å²) < 4.78 is 0.864. The van der Waals surface area contributed by atoms with E-state index < -0.39 is 0 Å². The Hall–Kier alpha value is -0.990. The van der Waals surface area contributed by atoms with Gasteiger partial charge >= 0.3 is 0 Å². The number of hydrogen-bond acceptors (Lipinski definition) is 2. The lowest BCUT2D eigenvalue weighted by atomic mass is 10.1. The van der Waals surface area contributed by atoms with Crippen molar-refractivity contribution in [3.05, 3.63) is 51.2 Å². The van der Waals surface area contributed by atoms with Crippen LogP contribution in [0, 0.1) is 0 Å². The highest BCUT2D eigenvalue weighted by atomic mass is 35.5. The largest absolute Gasteiger partial charge is 0.377 e. The molecule has 3 rings (SSSR count). The average molecular weight is 236 g/mol. The van der Waals surface area contributed by atoms with Gasteiger partial charge in [-0.2, -0.15) is 0 Å². The summed E-state index contributed by atoms with van der Waals surface area (Å²) in [7, 11) is 0. The molecule has 0 amide bonds. The second-order valence-corrected chi connectivity index (χ2v) is 5.45. The van der Waals surface area contributed by atoms with Gasteiger partial charge in [0.25, 0.3) is 0 Å². The SMILES string of the molecule is Clc1ccc(C2Cc3ccccc3N2)s1. The number of thiophene rings is 1. The fraction of sp³-hybridized carbons (Fsp3) is 0.167. The summed E-state index contributed by atoms with van der Waals surface area (Å²) in [5, 5.41) is 3.52. The van der Waals surface area contributed by atoms with Gasteiger partial charge in [-0.3, -0.25) is 0 Å². The minimum Gasteiger partial charge on any atom is -0.377 e. The molecule has 1 nitrogen and oxygen atoms in total. The van der Waals surface area contributed by atoms with Crippen LogP contribution in [0.25, 0.3) is 0 Å². The number of halogens is 1. The Kier molecular flexibility index (Phi) is 2.19. The van der Waals surface area contributed by atoms with Crippen molar-refractivity contribution in [3.63, 3.8) is 0 Å². The topological polar surface area (TPSA) is 12.0 Å². The summed E-state index contributed by atoms with van der Waals surface area (Å²) in [5.74, 6) is 0. The van der Waals surface area contributed by atoms with E-state index in [1.807, 2.05) is 6.07 Å². The standard InChI is InChI=1S/C12H10ClNS/c13-12-6-5-11(15-12)10-7-8-3-1-2-4-9(8)14-10/h1-6,10,14H,7H2. The van der Waals surface area contributed by atoms with Crippen LogP contribution in [0.5, 0.6) is 0 Å². The Morgan fingerprint density at radius 2 is 2.07 bits per heavy atom. The lowest BCUT2D eigenvalue weighted by Crippen LogP contribution is -2.02. The van der Waals surface area contributed by atoms with Gasteiger partial charge in [0, 0.05) is 10.6 Å². The zero-order chi connectivity index (χ0) is 10.3. The fourth-order valence-electron chi connectivity index (χ4n) is 1.99. The number of fused-ring (bicyclic) bond motifs is 1. The van der Waals surface area contributed by atoms with Crippen LogP contribution in [0.2, 0.25) is 4.34 Å². The lowest BCUT2D eigenvalue weighted by molar-refractivity contribution is 0.843. The van der Waals surface area contributed by atoms with Crippen LogP contribution in [-0.2, 0) is 6.42 Å². The summed E-state index contributed by atoms with van der Waals surface area (Å²) >= 11 is 7.60. The van der Waals surface area contributed by atoms with Crippen molar-refractivity contribution in [2.45, 2.75) is 12.5 Å². The fourth-order valence-corrected chi connectivity index (χ4v) is 3.10. The molecule has 1 aromatic heterocycles. The van der Waals surface area contributed by atoms with Gasteiger partial charge in [-0.15, -0.1) is 11.3 Å². The van der Waals surface area contributed by atoms with Crippen molar-refractivity contribution < 1.29 is 0 Å². The number of rotatable bonds is 1. The highest BCUT2D eigenvalue weighted by molar-refractivity contribution is 7.16. The van der Waals surface area contributed by atoms with Crippen molar-refractivity contribution in [2.75, 3.05) is 5.32 Å². The molecule has 1 aliphatic heterocycles. The maximum atomic E-state index is 5.94. The van der Waals surface area contributed by atoms with E-state index in [0.717, 1.165) is 10.8 Å². The van der Waals surface area contributed by atoms with Crippen LogP contribution in [0.15, 0.2) is 36.4 Å². The van der Waals surface area contributed by atoms with Crippen molar-refractivity contribution in [3.8, 4) is 0 Å². The number of anilines is 1. The molecule has 0 spiro atoms.